The quantitative estimate of drug-likeness (QED) is 0.182. The number of cyclic esters (lactones) is 1. The smallest absolute Gasteiger partial charge is 0.420 e. The first-order valence-electron chi connectivity index (χ1n) is 15.0. The van der Waals surface area contributed by atoms with Crippen molar-refractivity contribution in [1.29, 1.82) is 0 Å². The molecule has 0 N–H and O–H groups in total. The van der Waals surface area contributed by atoms with Gasteiger partial charge in [0.25, 0.3) is 0 Å². The molecular weight excluding hydrogens is 542 g/mol. The molecule has 0 unspecified atom stereocenters. The molecule has 2 rings (SSSR count). The fraction of sp³-hybridized carbons (Fsp3) is 0.688. The Balaban J connectivity index is 2.36. The van der Waals surface area contributed by atoms with Crippen molar-refractivity contribution in [2.45, 2.75) is 136 Å². The Morgan fingerprint density at radius 1 is 0.905 bits per heavy atom. The van der Waals surface area contributed by atoms with Crippen molar-refractivity contribution in [3.63, 3.8) is 0 Å². The highest BCUT2D eigenvalue weighted by atomic mass is 16.6. The molecule has 1 fully saturated rings. The van der Waals surface area contributed by atoms with Crippen LogP contribution in [0.1, 0.15) is 111 Å². The second-order valence-corrected chi connectivity index (χ2v) is 12.6. The van der Waals surface area contributed by atoms with Gasteiger partial charge in [0, 0.05) is 6.61 Å². The van der Waals surface area contributed by atoms with E-state index in [4.69, 9.17) is 23.7 Å². The number of esters is 2. The molecule has 2 amide bonds. The monoisotopic (exact) mass is 591 g/mol. The number of unbranched alkanes of at least 4 members (excludes halogenated alkanes) is 2. The molecule has 0 aromatic heterocycles. The number of rotatable bonds is 8. The third-order valence-corrected chi connectivity index (χ3v) is 6.44. The minimum Gasteiger partial charge on any atom is -0.458 e. The van der Waals surface area contributed by atoms with E-state index in [0.29, 0.717) is 31.4 Å². The van der Waals surface area contributed by atoms with Gasteiger partial charge in [0.15, 0.2) is 0 Å². The molecule has 42 heavy (non-hydrogen) atoms. The normalized spacial score (nSPS) is 22.0. The number of carbonyl (C=O) groups excluding carboxylic acids is 4. The standard InChI is InChI=1S/C32H49NO9/c1-9-10-16-21-38-26-22(2)39-28(35)24(33(29(36)41-31(3,4)5)30(37)42-32(6,7)8)19-14-15-20-25(26)40-27(34)23-17-12-11-13-18-23/h11-13,17-18,22,24-26H,9-10,14-16,19-21H2,1-8H3/t22-,24-,25-,26-/m0/s1. The highest BCUT2D eigenvalue weighted by molar-refractivity contribution is 5.94. The maximum Gasteiger partial charge on any atom is 0.420 e. The van der Waals surface area contributed by atoms with Crippen LogP contribution in [0.4, 0.5) is 9.59 Å². The Kier molecular flexibility index (Phi) is 13.3. The Labute approximate surface area is 250 Å². The Morgan fingerprint density at radius 3 is 2.02 bits per heavy atom. The van der Waals surface area contributed by atoms with Crippen molar-refractivity contribution in [2.75, 3.05) is 6.61 Å². The van der Waals surface area contributed by atoms with Crippen molar-refractivity contribution < 1.29 is 42.9 Å². The van der Waals surface area contributed by atoms with Crippen LogP contribution in [0.5, 0.6) is 0 Å². The molecule has 1 aliphatic rings. The first-order valence-corrected chi connectivity index (χ1v) is 15.0. The van der Waals surface area contributed by atoms with Gasteiger partial charge in [-0.3, -0.25) is 0 Å². The summed E-state index contributed by atoms with van der Waals surface area (Å²) in [4.78, 5) is 53.9. The highest BCUT2D eigenvalue weighted by Crippen LogP contribution is 2.26. The minimum absolute atomic E-state index is 0.116. The van der Waals surface area contributed by atoms with Crippen LogP contribution in [-0.2, 0) is 28.5 Å². The van der Waals surface area contributed by atoms with Crippen LogP contribution in [0.3, 0.4) is 0 Å². The number of amides is 2. The van der Waals surface area contributed by atoms with Crippen LogP contribution in [-0.4, -0.2) is 71.2 Å². The van der Waals surface area contributed by atoms with E-state index in [-0.39, 0.29) is 6.42 Å². The second-order valence-electron chi connectivity index (χ2n) is 12.6. The lowest BCUT2D eigenvalue weighted by Gasteiger charge is -2.36. The molecule has 10 heteroatoms. The first kappa shape index (κ1) is 35.1. The predicted molar refractivity (Wildman–Crippen MR) is 157 cm³/mol. The zero-order valence-electron chi connectivity index (χ0n) is 26.5. The van der Waals surface area contributed by atoms with E-state index in [1.165, 1.54) is 0 Å². The average Bonchev–Trinajstić information content (AvgIpc) is 2.87. The Bertz CT molecular complexity index is 1000. The first-order chi connectivity index (χ1) is 19.6. The fourth-order valence-corrected chi connectivity index (χ4v) is 4.50. The molecule has 1 aromatic rings. The number of nitrogens with zero attached hydrogens (tertiary/aromatic N) is 1. The van der Waals surface area contributed by atoms with Gasteiger partial charge >= 0.3 is 24.1 Å². The van der Waals surface area contributed by atoms with Gasteiger partial charge in [0.05, 0.1) is 5.56 Å². The van der Waals surface area contributed by atoms with E-state index in [9.17, 15) is 19.2 Å². The van der Waals surface area contributed by atoms with Gasteiger partial charge in [-0.25, -0.2) is 19.2 Å². The van der Waals surface area contributed by atoms with Crippen LogP contribution in [0.2, 0.25) is 0 Å². The molecule has 1 saturated heterocycles. The summed E-state index contributed by atoms with van der Waals surface area (Å²) in [5.74, 6) is -1.28. The second kappa shape index (κ2) is 15.9. The number of benzene rings is 1. The van der Waals surface area contributed by atoms with Gasteiger partial charge in [0.1, 0.15) is 35.6 Å². The van der Waals surface area contributed by atoms with E-state index in [1.807, 2.05) is 6.07 Å². The van der Waals surface area contributed by atoms with Crippen LogP contribution in [0, 0.1) is 0 Å². The zero-order chi connectivity index (χ0) is 31.5. The third-order valence-electron chi connectivity index (χ3n) is 6.44. The van der Waals surface area contributed by atoms with Crippen molar-refractivity contribution in [3.8, 4) is 0 Å². The molecule has 4 atom stereocenters. The summed E-state index contributed by atoms with van der Waals surface area (Å²) in [5, 5.41) is 0. The maximum atomic E-state index is 13.7. The van der Waals surface area contributed by atoms with Crippen LogP contribution in [0.15, 0.2) is 30.3 Å². The van der Waals surface area contributed by atoms with Crippen LogP contribution >= 0.6 is 0 Å². The molecule has 10 nitrogen and oxygen atoms in total. The van der Waals surface area contributed by atoms with E-state index in [2.05, 4.69) is 6.92 Å². The topological polar surface area (TPSA) is 118 Å². The fourth-order valence-electron chi connectivity index (χ4n) is 4.50. The van der Waals surface area contributed by atoms with Crippen molar-refractivity contribution in [2.24, 2.45) is 0 Å². The number of hydrogen-bond acceptors (Lipinski definition) is 9. The van der Waals surface area contributed by atoms with Crippen molar-refractivity contribution >= 4 is 24.1 Å². The maximum absolute atomic E-state index is 13.7. The molecular formula is C32H49NO9. The summed E-state index contributed by atoms with van der Waals surface area (Å²) in [7, 11) is 0. The summed E-state index contributed by atoms with van der Waals surface area (Å²) in [6.07, 6.45) is -0.0113. The Hall–Kier alpha value is -3.14. The average molecular weight is 592 g/mol. The summed E-state index contributed by atoms with van der Waals surface area (Å²) >= 11 is 0. The van der Waals surface area contributed by atoms with E-state index < -0.39 is 59.7 Å². The summed E-state index contributed by atoms with van der Waals surface area (Å²) < 4.78 is 29.0. The van der Waals surface area contributed by atoms with E-state index in [0.717, 1.165) is 24.2 Å². The molecule has 0 radical (unpaired) electrons. The molecule has 0 bridgehead atoms. The number of imide groups is 1. The van der Waals surface area contributed by atoms with Gasteiger partial charge in [-0.1, -0.05) is 44.4 Å². The number of hydrogen-bond donors (Lipinski definition) is 0. The van der Waals surface area contributed by atoms with Crippen LogP contribution in [0.25, 0.3) is 0 Å². The molecule has 236 valence electrons. The molecule has 1 aliphatic heterocycles. The Morgan fingerprint density at radius 2 is 1.48 bits per heavy atom. The highest BCUT2D eigenvalue weighted by Gasteiger charge is 2.43. The van der Waals surface area contributed by atoms with Crippen LogP contribution < -0.4 is 0 Å². The van der Waals surface area contributed by atoms with E-state index >= 15 is 0 Å². The SMILES string of the molecule is CCCCCO[C@H]1[C@H](C)OC(=O)[C@@H](N(C(=O)OC(C)(C)C)C(=O)OC(C)(C)C)CCCC[C@@H]1OC(=O)c1ccccc1. The third kappa shape index (κ3) is 11.6. The summed E-state index contributed by atoms with van der Waals surface area (Å²) in [5.41, 5.74) is -1.43. The molecule has 0 saturated carbocycles. The molecule has 0 aliphatic carbocycles. The van der Waals surface area contributed by atoms with Crippen molar-refractivity contribution in [1.82, 2.24) is 4.90 Å². The lowest BCUT2D eigenvalue weighted by atomic mass is 9.98. The summed E-state index contributed by atoms with van der Waals surface area (Å²) in [6, 6.07) is 7.41. The zero-order valence-corrected chi connectivity index (χ0v) is 26.5. The largest absolute Gasteiger partial charge is 0.458 e. The molecule has 1 heterocycles. The summed E-state index contributed by atoms with van der Waals surface area (Å²) in [6.45, 7) is 14.2. The molecule has 0 spiro atoms. The lowest BCUT2D eigenvalue weighted by Crippen LogP contribution is -2.54. The predicted octanol–water partition coefficient (Wildman–Crippen LogP) is 6.83. The number of carbonyl (C=O) groups is 4. The minimum atomic E-state index is -1.28. The van der Waals surface area contributed by atoms with Gasteiger partial charge in [-0.15, -0.1) is 0 Å². The van der Waals surface area contributed by atoms with E-state index in [1.54, 1.807) is 72.7 Å². The molecule has 1 aromatic carbocycles. The van der Waals surface area contributed by atoms with Gasteiger partial charge in [0.2, 0.25) is 0 Å². The van der Waals surface area contributed by atoms with Crippen molar-refractivity contribution in [3.05, 3.63) is 35.9 Å². The van der Waals surface area contributed by atoms with Gasteiger partial charge in [-0.05, 0) is 86.3 Å². The van der Waals surface area contributed by atoms with Gasteiger partial charge in [-0.2, -0.15) is 4.90 Å². The lowest BCUT2D eigenvalue weighted by molar-refractivity contribution is -0.170. The number of ether oxygens (including phenoxy) is 5. The van der Waals surface area contributed by atoms with Gasteiger partial charge < -0.3 is 23.7 Å².